The molecular weight excluding hydrogens is 386 g/mol. The van der Waals surface area contributed by atoms with Crippen LogP contribution >= 0.6 is 0 Å². The first-order valence-electron chi connectivity index (χ1n) is 9.02. The number of benzene rings is 1. The van der Waals surface area contributed by atoms with E-state index in [1.165, 1.54) is 13.0 Å². The summed E-state index contributed by atoms with van der Waals surface area (Å²) in [6, 6.07) is 4.84. The Morgan fingerprint density at radius 2 is 1.79 bits per heavy atom. The van der Waals surface area contributed by atoms with E-state index >= 15 is 0 Å². The Morgan fingerprint density at radius 1 is 1.14 bits per heavy atom. The molecule has 162 valence electrons. The lowest BCUT2D eigenvalue weighted by Gasteiger charge is -2.38. The van der Waals surface area contributed by atoms with Gasteiger partial charge in [-0.15, -0.1) is 0 Å². The van der Waals surface area contributed by atoms with Crippen molar-refractivity contribution in [2.24, 2.45) is 0 Å². The Balaban J connectivity index is 2.29. The number of anilines is 1. The zero-order valence-electron chi connectivity index (χ0n) is 16.7. The molecule has 0 unspecified atom stereocenters. The van der Waals surface area contributed by atoms with Crippen molar-refractivity contribution in [3.8, 4) is 5.75 Å². The summed E-state index contributed by atoms with van der Waals surface area (Å²) >= 11 is 0. The maximum absolute atomic E-state index is 11.3. The van der Waals surface area contributed by atoms with Crippen molar-refractivity contribution in [3.63, 3.8) is 0 Å². The van der Waals surface area contributed by atoms with E-state index < -0.39 is 42.6 Å². The number of rotatable bonds is 6. The van der Waals surface area contributed by atoms with Gasteiger partial charge in [0.15, 0.2) is 6.10 Å². The Bertz CT molecular complexity index is 746. The fraction of sp³-hybridized carbons (Fsp3) is 0.579. The van der Waals surface area contributed by atoms with E-state index in [-0.39, 0.29) is 17.9 Å². The predicted molar refractivity (Wildman–Crippen MR) is 100 cm³/mol. The minimum Gasteiger partial charge on any atom is -0.479 e. The topological polar surface area (TPSA) is 155 Å². The Labute approximate surface area is 168 Å². The van der Waals surface area contributed by atoms with Crippen molar-refractivity contribution in [1.29, 1.82) is 0 Å². The summed E-state index contributed by atoms with van der Waals surface area (Å²) in [5.74, 6) is -1.72. The Hall–Kier alpha value is -2.40. The van der Waals surface area contributed by atoms with Crippen LogP contribution in [-0.2, 0) is 25.7 Å². The average Bonchev–Trinajstić information content (AvgIpc) is 2.60. The van der Waals surface area contributed by atoms with Crippen LogP contribution in [0.2, 0.25) is 0 Å². The van der Waals surface area contributed by atoms with Crippen molar-refractivity contribution in [1.82, 2.24) is 0 Å². The van der Waals surface area contributed by atoms with Crippen LogP contribution in [-0.4, -0.2) is 68.6 Å². The van der Waals surface area contributed by atoms with Gasteiger partial charge in [0.05, 0.1) is 5.69 Å². The molecule has 10 nitrogen and oxygen atoms in total. The zero-order chi connectivity index (χ0) is 21.9. The fourth-order valence-electron chi connectivity index (χ4n) is 2.73. The van der Waals surface area contributed by atoms with Crippen LogP contribution in [0.3, 0.4) is 0 Å². The summed E-state index contributed by atoms with van der Waals surface area (Å²) in [4.78, 5) is 22.3. The molecule has 1 aromatic rings. The summed E-state index contributed by atoms with van der Waals surface area (Å²) in [5, 5.41) is 42.3. The number of aliphatic carboxylic acids is 1. The number of esters is 1. The second-order valence-electron chi connectivity index (χ2n) is 7.84. The second kappa shape index (κ2) is 8.95. The third-order valence-electron chi connectivity index (χ3n) is 4.05. The monoisotopic (exact) mass is 413 g/mol. The minimum absolute atomic E-state index is 0.0446. The smallest absolute Gasteiger partial charge is 0.335 e. The van der Waals surface area contributed by atoms with Crippen molar-refractivity contribution in [2.75, 3.05) is 5.32 Å². The molecule has 0 aromatic heterocycles. The first-order chi connectivity index (χ1) is 13.4. The maximum Gasteiger partial charge on any atom is 0.335 e. The molecule has 0 aliphatic carbocycles. The van der Waals surface area contributed by atoms with Gasteiger partial charge in [0.2, 0.25) is 6.29 Å². The minimum atomic E-state index is -1.80. The van der Waals surface area contributed by atoms with Crippen molar-refractivity contribution >= 4 is 17.6 Å². The lowest BCUT2D eigenvalue weighted by molar-refractivity contribution is -0.271. The van der Waals surface area contributed by atoms with Gasteiger partial charge in [-0.25, -0.2) is 4.79 Å². The van der Waals surface area contributed by atoms with E-state index in [0.29, 0.717) is 11.3 Å². The van der Waals surface area contributed by atoms with Gasteiger partial charge >= 0.3 is 11.9 Å². The van der Waals surface area contributed by atoms with Crippen LogP contribution in [0.4, 0.5) is 5.69 Å². The molecule has 1 fully saturated rings. The van der Waals surface area contributed by atoms with E-state index in [1.54, 1.807) is 12.1 Å². The molecule has 0 radical (unpaired) electrons. The molecule has 5 N–H and O–H groups in total. The van der Waals surface area contributed by atoms with Crippen LogP contribution in [0.1, 0.15) is 33.3 Å². The Kier molecular flexibility index (Phi) is 7.06. The molecule has 2 rings (SSSR count). The number of aliphatic hydroxyl groups excluding tert-OH is 3. The molecule has 0 amide bonds. The number of carboxylic acids is 1. The summed E-state index contributed by atoms with van der Waals surface area (Å²) in [7, 11) is 0. The van der Waals surface area contributed by atoms with Gasteiger partial charge in [0.25, 0.3) is 0 Å². The van der Waals surface area contributed by atoms with Gasteiger partial charge in [-0.1, -0.05) is 6.07 Å². The normalized spacial score (nSPS) is 27.2. The molecule has 1 aliphatic rings. The number of hydrogen-bond acceptors (Lipinski definition) is 9. The number of carbonyl (C=O) groups is 2. The van der Waals surface area contributed by atoms with E-state index in [1.807, 2.05) is 20.8 Å². The summed E-state index contributed by atoms with van der Waals surface area (Å²) in [5.41, 5.74) is 0.762. The van der Waals surface area contributed by atoms with Crippen LogP contribution < -0.4 is 10.1 Å². The van der Waals surface area contributed by atoms with Crippen molar-refractivity contribution in [2.45, 2.75) is 70.5 Å². The summed E-state index contributed by atoms with van der Waals surface area (Å²) in [6.07, 6.45) is -8.54. The number of nitrogens with one attached hydrogen (secondary N) is 1. The quantitative estimate of drug-likeness (QED) is 0.409. The lowest BCUT2D eigenvalue weighted by Crippen LogP contribution is -2.61. The van der Waals surface area contributed by atoms with E-state index in [0.717, 1.165) is 0 Å². The van der Waals surface area contributed by atoms with Crippen LogP contribution in [0.25, 0.3) is 0 Å². The highest BCUT2D eigenvalue weighted by atomic mass is 16.7. The summed E-state index contributed by atoms with van der Waals surface area (Å²) in [6.45, 7) is 7.06. The molecular formula is C19H27NO9. The molecule has 1 saturated heterocycles. The van der Waals surface area contributed by atoms with Gasteiger partial charge in [-0.05, 0) is 38.5 Å². The number of carbonyl (C=O) groups excluding carboxylic acids is 1. The zero-order valence-corrected chi connectivity index (χ0v) is 16.7. The van der Waals surface area contributed by atoms with Crippen LogP contribution in [0.15, 0.2) is 18.2 Å². The maximum atomic E-state index is 11.3. The SMILES string of the molecule is CC(=O)OCc1ccc(O[C@@H]2O[C@H](C(=O)O)[C@@H](O)[C@H](O)[C@H]2O)c(NC(C)(C)C)c1. The van der Waals surface area contributed by atoms with Gasteiger partial charge in [-0.3, -0.25) is 4.79 Å². The highest BCUT2D eigenvalue weighted by Gasteiger charge is 2.48. The molecule has 0 saturated carbocycles. The standard InChI is InChI=1S/C19H27NO9/c1-9(21)27-8-10-5-6-12(11(7-10)20-19(2,3)4)28-18-15(24)13(22)14(23)16(29-18)17(25)26/h5-7,13-16,18,20,22-24H,8H2,1-4H3,(H,25,26)/t13-,14-,15+,16-,18+/m0/s1. The lowest BCUT2D eigenvalue weighted by atomic mass is 9.99. The number of carboxylic acid groups (broad SMARTS) is 1. The highest BCUT2D eigenvalue weighted by Crippen LogP contribution is 2.32. The summed E-state index contributed by atoms with van der Waals surface area (Å²) < 4.78 is 15.8. The van der Waals surface area contributed by atoms with Gasteiger partial charge < -0.3 is 40.0 Å². The highest BCUT2D eigenvalue weighted by molar-refractivity contribution is 5.73. The largest absolute Gasteiger partial charge is 0.479 e. The Morgan fingerprint density at radius 3 is 2.34 bits per heavy atom. The molecule has 1 heterocycles. The molecule has 1 aliphatic heterocycles. The van der Waals surface area contributed by atoms with E-state index in [2.05, 4.69) is 5.32 Å². The first kappa shape index (κ1) is 22.9. The molecule has 10 heteroatoms. The third-order valence-corrected chi connectivity index (χ3v) is 4.05. The molecule has 1 aromatic carbocycles. The molecule has 5 atom stereocenters. The first-order valence-corrected chi connectivity index (χ1v) is 9.02. The van der Waals surface area contributed by atoms with Gasteiger partial charge in [0, 0.05) is 12.5 Å². The van der Waals surface area contributed by atoms with Gasteiger partial charge in [-0.2, -0.15) is 0 Å². The average molecular weight is 413 g/mol. The molecule has 29 heavy (non-hydrogen) atoms. The van der Waals surface area contributed by atoms with Crippen molar-refractivity contribution in [3.05, 3.63) is 23.8 Å². The third kappa shape index (κ3) is 6.04. The number of aliphatic hydroxyl groups is 3. The second-order valence-corrected chi connectivity index (χ2v) is 7.84. The van der Waals surface area contributed by atoms with E-state index in [4.69, 9.17) is 19.3 Å². The number of ether oxygens (including phenoxy) is 3. The van der Waals surface area contributed by atoms with E-state index in [9.17, 15) is 24.9 Å². The van der Waals surface area contributed by atoms with Crippen LogP contribution in [0.5, 0.6) is 5.75 Å². The van der Waals surface area contributed by atoms with Crippen molar-refractivity contribution < 1.29 is 44.2 Å². The molecule has 0 bridgehead atoms. The predicted octanol–water partition coefficient (Wildman–Crippen LogP) is 0.231. The number of hydrogen-bond donors (Lipinski definition) is 5. The van der Waals surface area contributed by atoms with Crippen LogP contribution in [0, 0.1) is 0 Å². The van der Waals surface area contributed by atoms with Gasteiger partial charge in [0.1, 0.15) is 30.7 Å². The molecule has 0 spiro atoms. The fourth-order valence-corrected chi connectivity index (χ4v) is 2.73.